The fourth-order valence-electron chi connectivity index (χ4n) is 4.20. The number of amides is 2. The zero-order chi connectivity index (χ0) is 28.3. The van der Waals surface area contributed by atoms with E-state index < -0.39 is 11.7 Å². The largest absolute Gasteiger partial charge is 0.444 e. The van der Waals surface area contributed by atoms with E-state index in [9.17, 15) is 14.4 Å². The molecule has 2 N–H and O–H groups in total. The predicted molar refractivity (Wildman–Crippen MR) is 153 cm³/mol. The molecule has 2 heterocycles. The quantitative estimate of drug-likeness (QED) is 0.274. The van der Waals surface area contributed by atoms with Crippen molar-refractivity contribution in [3.8, 4) is 11.1 Å². The summed E-state index contributed by atoms with van der Waals surface area (Å²) >= 11 is 0. The maximum Gasteiger partial charge on any atom is 0.412 e. The molecule has 202 valence electrons. The summed E-state index contributed by atoms with van der Waals surface area (Å²) in [6.07, 6.45) is 3.33. The smallest absolute Gasteiger partial charge is 0.412 e. The molecule has 2 amide bonds. The van der Waals surface area contributed by atoms with Gasteiger partial charge in [-0.05, 0) is 63.1 Å². The molecule has 0 saturated carbocycles. The molecule has 0 unspecified atom stereocenters. The van der Waals surface area contributed by atoms with Gasteiger partial charge in [-0.25, -0.2) is 4.79 Å². The predicted octanol–water partition coefficient (Wildman–Crippen LogP) is 6.36. The van der Waals surface area contributed by atoms with E-state index in [-0.39, 0.29) is 11.7 Å². The molecule has 0 aliphatic rings. The van der Waals surface area contributed by atoms with Crippen molar-refractivity contribution < 1.29 is 19.1 Å². The molecule has 0 atom stereocenters. The third-order valence-electron chi connectivity index (χ3n) is 6.13. The Morgan fingerprint density at radius 3 is 2.05 bits per heavy atom. The zero-order valence-electron chi connectivity index (χ0n) is 23.2. The number of Topliss-reactive ketones (excluding diaryl/α,β-unsaturated/α-hetero) is 1. The van der Waals surface area contributed by atoms with Gasteiger partial charge in [-0.15, -0.1) is 0 Å². The Morgan fingerprint density at radius 1 is 0.769 bits per heavy atom. The van der Waals surface area contributed by atoms with E-state index in [4.69, 9.17) is 4.74 Å². The van der Waals surface area contributed by atoms with Crippen LogP contribution in [0.25, 0.3) is 11.1 Å². The summed E-state index contributed by atoms with van der Waals surface area (Å²) in [6, 6.07) is 18.9. The van der Waals surface area contributed by atoms with Gasteiger partial charge in [0.15, 0.2) is 5.78 Å². The number of ketones is 1. The SMILES string of the molecule is Cc1ccc(CC(=O)c2cc(-c3ccc(NC(=O)c4cc(NC(=O)OC(C)(C)C)cn4C)cc3)cn2C)cc1. The number of anilines is 2. The molecule has 0 spiro atoms. The van der Waals surface area contributed by atoms with Crippen molar-refractivity contribution in [3.63, 3.8) is 0 Å². The molecule has 0 aliphatic heterocycles. The fraction of sp³-hybridized carbons (Fsp3) is 0.258. The Balaban J connectivity index is 1.41. The molecule has 0 fully saturated rings. The highest BCUT2D eigenvalue weighted by Crippen LogP contribution is 2.25. The van der Waals surface area contributed by atoms with E-state index in [1.807, 2.05) is 79.3 Å². The molecule has 4 aromatic rings. The topological polar surface area (TPSA) is 94.4 Å². The van der Waals surface area contributed by atoms with Gasteiger partial charge in [0, 0.05) is 44.2 Å². The van der Waals surface area contributed by atoms with Gasteiger partial charge in [-0.3, -0.25) is 14.9 Å². The first-order valence-electron chi connectivity index (χ1n) is 12.7. The number of nitrogens with one attached hydrogen (secondary N) is 2. The van der Waals surface area contributed by atoms with Crippen LogP contribution < -0.4 is 10.6 Å². The first-order valence-corrected chi connectivity index (χ1v) is 12.7. The third kappa shape index (κ3) is 7.04. The van der Waals surface area contributed by atoms with Crippen LogP contribution in [-0.2, 0) is 25.3 Å². The normalized spacial score (nSPS) is 11.2. The lowest BCUT2D eigenvalue weighted by molar-refractivity contribution is 0.0635. The number of benzene rings is 2. The molecule has 0 aliphatic carbocycles. The highest BCUT2D eigenvalue weighted by molar-refractivity contribution is 6.04. The number of carbonyl (C=O) groups excluding carboxylic acids is 3. The summed E-state index contributed by atoms with van der Waals surface area (Å²) in [5.74, 6) is -0.259. The maximum atomic E-state index is 12.9. The van der Waals surface area contributed by atoms with Crippen molar-refractivity contribution in [1.82, 2.24) is 9.13 Å². The van der Waals surface area contributed by atoms with Gasteiger partial charge in [-0.1, -0.05) is 42.0 Å². The molecule has 2 aromatic carbocycles. The molecule has 0 saturated heterocycles. The minimum absolute atomic E-state index is 0.0552. The van der Waals surface area contributed by atoms with Crippen LogP contribution in [-0.4, -0.2) is 32.5 Å². The van der Waals surface area contributed by atoms with Gasteiger partial charge < -0.3 is 19.2 Å². The minimum atomic E-state index is -0.622. The molecule has 0 radical (unpaired) electrons. The van der Waals surface area contributed by atoms with Crippen LogP contribution in [0.5, 0.6) is 0 Å². The van der Waals surface area contributed by atoms with Crippen LogP contribution in [0.2, 0.25) is 0 Å². The van der Waals surface area contributed by atoms with Crippen molar-refractivity contribution in [2.45, 2.75) is 39.7 Å². The van der Waals surface area contributed by atoms with Crippen LogP contribution in [0.15, 0.2) is 73.1 Å². The average Bonchev–Trinajstić information content (AvgIpc) is 3.42. The molecule has 4 rings (SSSR count). The Morgan fingerprint density at radius 2 is 1.41 bits per heavy atom. The van der Waals surface area contributed by atoms with E-state index in [0.717, 1.165) is 22.3 Å². The Bertz CT molecular complexity index is 1500. The summed E-state index contributed by atoms with van der Waals surface area (Å²) in [5.41, 5.74) is 5.48. The third-order valence-corrected chi connectivity index (χ3v) is 6.13. The molecule has 8 nitrogen and oxygen atoms in total. The number of hydrogen-bond donors (Lipinski definition) is 2. The van der Waals surface area contributed by atoms with E-state index in [1.165, 1.54) is 0 Å². The first-order chi connectivity index (χ1) is 18.4. The summed E-state index contributed by atoms with van der Waals surface area (Å²) in [6.45, 7) is 7.37. The van der Waals surface area contributed by atoms with E-state index in [0.29, 0.717) is 29.2 Å². The molecule has 2 aromatic heterocycles. The van der Waals surface area contributed by atoms with Crippen LogP contribution in [0.1, 0.15) is 52.9 Å². The molecular formula is C31H34N4O4. The second kappa shape index (κ2) is 11.0. The highest BCUT2D eigenvalue weighted by atomic mass is 16.6. The maximum absolute atomic E-state index is 12.9. The molecule has 8 heteroatoms. The number of hydrogen-bond acceptors (Lipinski definition) is 4. The number of aromatic nitrogens is 2. The van der Waals surface area contributed by atoms with Crippen molar-refractivity contribution in [1.29, 1.82) is 0 Å². The summed E-state index contributed by atoms with van der Waals surface area (Å²) in [4.78, 5) is 37.9. The number of aryl methyl sites for hydroxylation is 3. The number of carbonyl (C=O) groups is 3. The second-order valence-electron chi connectivity index (χ2n) is 10.7. The van der Waals surface area contributed by atoms with Gasteiger partial charge in [0.25, 0.3) is 5.91 Å². The second-order valence-corrected chi connectivity index (χ2v) is 10.7. The van der Waals surface area contributed by atoms with Crippen LogP contribution in [0, 0.1) is 6.92 Å². The van der Waals surface area contributed by atoms with Crippen LogP contribution in [0.3, 0.4) is 0 Å². The first kappa shape index (κ1) is 27.4. The van der Waals surface area contributed by atoms with Crippen LogP contribution in [0.4, 0.5) is 16.2 Å². The van der Waals surface area contributed by atoms with Crippen molar-refractivity contribution in [2.75, 3.05) is 10.6 Å². The number of ether oxygens (including phenoxy) is 1. The lowest BCUT2D eigenvalue weighted by Crippen LogP contribution is -2.27. The molecule has 39 heavy (non-hydrogen) atoms. The van der Waals surface area contributed by atoms with Crippen LogP contribution >= 0.6 is 0 Å². The van der Waals surface area contributed by atoms with E-state index >= 15 is 0 Å². The van der Waals surface area contributed by atoms with Gasteiger partial charge in [-0.2, -0.15) is 0 Å². The standard InChI is InChI=1S/C31H34N4O4/c1-20-7-9-21(10-8-20)15-28(36)26-16-23(18-34(26)5)22-11-13-24(14-12-22)32-29(37)27-17-25(19-35(27)6)33-30(38)39-31(2,3)4/h7-14,16-19H,15H2,1-6H3,(H,32,37)(H,33,38). The molecular weight excluding hydrogens is 492 g/mol. The monoisotopic (exact) mass is 526 g/mol. The number of rotatable bonds is 7. The Kier molecular flexibility index (Phi) is 7.76. The van der Waals surface area contributed by atoms with Crippen molar-refractivity contribution in [2.24, 2.45) is 14.1 Å². The van der Waals surface area contributed by atoms with E-state index in [1.54, 1.807) is 44.6 Å². The van der Waals surface area contributed by atoms with Gasteiger partial charge in [0.05, 0.1) is 11.4 Å². The van der Waals surface area contributed by atoms with Gasteiger partial charge in [0.1, 0.15) is 11.3 Å². The van der Waals surface area contributed by atoms with Gasteiger partial charge >= 0.3 is 6.09 Å². The number of nitrogens with zero attached hydrogens (tertiary/aromatic N) is 2. The summed E-state index contributed by atoms with van der Waals surface area (Å²) in [5, 5.41) is 5.53. The summed E-state index contributed by atoms with van der Waals surface area (Å²) < 4.78 is 8.75. The summed E-state index contributed by atoms with van der Waals surface area (Å²) in [7, 11) is 3.59. The zero-order valence-corrected chi connectivity index (χ0v) is 23.2. The average molecular weight is 527 g/mol. The minimum Gasteiger partial charge on any atom is -0.444 e. The molecule has 0 bridgehead atoms. The highest BCUT2D eigenvalue weighted by Gasteiger charge is 2.19. The Labute approximate surface area is 228 Å². The van der Waals surface area contributed by atoms with Gasteiger partial charge in [0.2, 0.25) is 0 Å². The van der Waals surface area contributed by atoms with Crippen molar-refractivity contribution in [3.05, 3.63) is 95.6 Å². The Hall–Kier alpha value is -4.59. The lowest BCUT2D eigenvalue weighted by Gasteiger charge is -2.19. The van der Waals surface area contributed by atoms with E-state index in [2.05, 4.69) is 10.6 Å². The lowest BCUT2D eigenvalue weighted by atomic mass is 10.0. The van der Waals surface area contributed by atoms with Crippen molar-refractivity contribution >= 4 is 29.2 Å². The fourth-order valence-corrected chi connectivity index (χ4v) is 4.20.